The zero-order chi connectivity index (χ0) is 18.2. The smallest absolute Gasteiger partial charge is 0.303 e. The van der Waals surface area contributed by atoms with E-state index in [1.54, 1.807) is 13.2 Å². The third-order valence-electron chi connectivity index (χ3n) is 3.85. The predicted molar refractivity (Wildman–Crippen MR) is 95.9 cm³/mol. The van der Waals surface area contributed by atoms with Gasteiger partial charge in [-0.3, -0.25) is 4.79 Å². The maximum absolute atomic E-state index is 10.7. The number of hydrogen-bond donors (Lipinski definition) is 1. The van der Waals surface area contributed by atoms with Crippen LogP contribution in [0.25, 0.3) is 0 Å². The van der Waals surface area contributed by atoms with Gasteiger partial charge in [-0.1, -0.05) is 24.3 Å². The molecule has 0 bridgehead atoms. The van der Waals surface area contributed by atoms with Crippen molar-refractivity contribution in [1.29, 1.82) is 0 Å². The van der Waals surface area contributed by atoms with Crippen molar-refractivity contribution in [3.05, 3.63) is 53.1 Å². The van der Waals surface area contributed by atoms with Gasteiger partial charge in [-0.15, -0.1) is 0 Å². The zero-order valence-electron chi connectivity index (χ0n) is 14.9. The van der Waals surface area contributed by atoms with Crippen molar-refractivity contribution < 1.29 is 24.1 Å². The minimum atomic E-state index is -0.817. The Morgan fingerprint density at radius 3 is 2.32 bits per heavy atom. The molecular weight excluding hydrogens is 320 g/mol. The Kier molecular flexibility index (Phi) is 6.69. The fourth-order valence-corrected chi connectivity index (χ4v) is 2.56. The van der Waals surface area contributed by atoms with Gasteiger partial charge in [0.2, 0.25) is 0 Å². The number of carbonyl (C=O) groups is 1. The second kappa shape index (κ2) is 8.97. The molecule has 1 N–H and O–H groups in total. The van der Waals surface area contributed by atoms with Crippen molar-refractivity contribution in [2.45, 2.75) is 26.7 Å². The number of methoxy groups -OCH3 is 1. The second-order valence-electron chi connectivity index (χ2n) is 5.80. The van der Waals surface area contributed by atoms with Gasteiger partial charge in [-0.05, 0) is 49.1 Å². The van der Waals surface area contributed by atoms with Gasteiger partial charge in [0.25, 0.3) is 0 Å². The van der Waals surface area contributed by atoms with E-state index in [2.05, 4.69) is 0 Å². The number of hydrogen-bond acceptors (Lipinski definition) is 4. The zero-order valence-corrected chi connectivity index (χ0v) is 14.9. The Hall–Kier alpha value is -2.69. The van der Waals surface area contributed by atoms with Crippen LogP contribution in [0.15, 0.2) is 36.4 Å². The number of rotatable bonds is 9. The molecule has 0 fully saturated rings. The van der Waals surface area contributed by atoms with Crippen LogP contribution < -0.4 is 14.2 Å². The largest absolute Gasteiger partial charge is 0.493 e. The Morgan fingerprint density at radius 1 is 1.00 bits per heavy atom. The Labute approximate surface area is 148 Å². The lowest BCUT2D eigenvalue weighted by Gasteiger charge is -2.14. The van der Waals surface area contributed by atoms with Gasteiger partial charge in [0.1, 0.15) is 19.0 Å². The van der Waals surface area contributed by atoms with Crippen molar-refractivity contribution in [3.8, 4) is 17.2 Å². The molecule has 0 radical (unpaired) electrons. The number of aryl methyl sites for hydroxylation is 3. The van der Waals surface area contributed by atoms with Crippen LogP contribution in [-0.2, 0) is 11.2 Å². The van der Waals surface area contributed by atoms with Crippen LogP contribution in [0.1, 0.15) is 23.1 Å². The van der Waals surface area contributed by atoms with E-state index in [0.717, 1.165) is 22.4 Å². The first-order chi connectivity index (χ1) is 12.0. The van der Waals surface area contributed by atoms with Gasteiger partial charge in [0.05, 0.1) is 7.11 Å². The summed E-state index contributed by atoms with van der Waals surface area (Å²) in [7, 11) is 1.57. The van der Waals surface area contributed by atoms with Crippen LogP contribution in [0.3, 0.4) is 0 Å². The molecule has 5 nitrogen and oxygen atoms in total. The fraction of sp³-hybridized carbons (Fsp3) is 0.350. The molecule has 0 aliphatic carbocycles. The van der Waals surface area contributed by atoms with E-state index in [1.165, 1.54) is 0 Å². The summed E-state index contributed by atoms with van der Waals surface area (Å²) in [5.74, 6) is 1.28. The Balaban J connectivity index is 1.90. The molecule has 2 aromatic carbocycles. The van der Waals surface area contributed by atoms with Crippen LogP contribution in [-0.4, -0.2) is 31.4 Å². The lowest BCUT2D eigenvalue weighted by atomic mass is 10.1. The summed E-state index contributed by atoms with van der Waals surface area (Å²) < 4.78 is 16.9. The van der Waals surface area contributed by atoms with Crippen molar-refractivity contribution in [1.82, 2.24) is 0 Å². The van der Waals surface area contributed by atoms with Crippen molar-refractivity contribution in [2.24, 2.45) is 0 Å². The van der Waals surface area contributed by atoms with E-state index < -0.39 is 5.97 Å². The van der Waals surface area contributed by atoms with Crippen LogP contribution in [0.5, 0.6) is 17.2 Å². The summed E-state index contributed by atoms with van der Waals surface area (Å²) in [5, 5.41) is 8.76. The number of carboxylic acid groups (broad SMARTS) is 1. The molecule has 134 valence electrons. The minimum Gasteiger partial charge on any atom is -0.493 e. The molecule has 25 heavy (non-hydrogen) atoms. The quantitative estimate of drug-likeness (QED) is 0.701. The van der Waals surface area contributed by atoms with Crippen LogP contribution in [0.2, 0.25) is 0 Å². The highest BCUT2D eigenvalue weighted by molar-refractivity contribution is 5.67. The molecule has 2 aromatic rings. The highest BCUT2D eigenvalue weighted by Crippen LogP contribution is 2.29. The molecule has 0 aliphatic rings. The van der Waals surface area contributed by atoms with Gasteiger partial charge in [0, 0.05) is 6.42 Å². The normalized spacial score (nSPS) is 10.4. The first-order valence-corrected chi connectivity index (χ1v) is 8.21. The lowest BCUT2D eigenvalue weighted by Crippen LogP contribution is -2.11. The molecule has 0 aromatic heterocycles. The molecule has 5 heteroatoms. The van der Waals surface area contributed by atoms with Gasteiger partial charge >= 0.3 is 5.97 Å². The fourth-order valence-electron chi connectivity index (χ4n) is 2.56. The number of para-hydroxylation sites is 1. The number of aliphatic carboxylic acids is 1. The molecule has 0 saturated heterocycles. The SMILES string of the molecule is COc1cc(CCC(=O)O)ccc1OCCOc1c(C)cccc1C. The predicted octanol–water partition coefficient (Wildman–Crippen LogP) is 3.79. The Morgan fingerprint density at radius 2 is 1.68 bits per heavy atom. The third-order valence-corrected chi connectivity index (χ3v) is 3.85. The third kappa shape index (κ3) is 5.41. The average molecular weight is 344 g/mol. The first-order valence-electron chi connectivity index (χ1n) is 8.21. The number of carboxylic acids is 1. The van der Waals surface area contributed by atoms with E-state index in [0.29, 0.717) is 31.1 Å². The lowest BCUT2D eigenvalue weighted by molar-refractivity contribution is -0.136. The molecular formula is C20H24O5. The van der Waals surface area contributed by atoms with Crippen molar-refractivity contribution in [2.75, 3.05) is 20.3 Å². The van der Waals surface area contributed by atoms with Crippen molar-refractivity contribution in [3.63, 3.8) is 0 Å². The summed E-state index contributed by atoms with van der Waals surface area (Å²) >= 11 is 0. The highest BCUT2D eigenvalue weighted by Gasteiger charge is 2.08. The van der Waals surface area contributed by atoms with E-state index in [1.807, 2.05) is 44.2 Å². The first kappa shape index (κ1) is 18.6. The monoisotopic (exact) mass is 344 g/mol. The molecule has 0 atom stereocenters. The van der Waals surface area contributed by atoms with Crippen LogP contribution >= 0.6 is 0 Å². The summed E-state index contributed by atoms with van der Waals surface area (Å²) in [6, 6.07) is 11.5. The van der Waals surface area contributed by atoms with E-state index in [4.69, 9.17) is 19.3 Å². The number of ether oxygens (including phenoxy) is 3. The molecule has 0 heterocycles. The summed E-state index contributed by atoms with van der Waals surface area (Å²) in [4.78, 5) is 10.7. The second-order valence-corrected chi connectivity index (χ2v) is 5.80. The average Bonchev–Trinajstić information content (AvgIpc) is 2.59. The molecule has 0 aliphatic heterocycles. The van der Waals surface area contributed by atoms with E-state index in [-0.39, 0.29) is 6.42 Å². The topological polar surface area (TPSA) is 65.0 Å². The maximum Gasteiger partial charge on any atom is 0.303 e. The molecule has 0 spiro atoms. The number of benzene rings is 2. The van der Waals surface area contributed by atoms with Gasteiger partial charge < -0.3 is 19.3 Å². The maximum atomic E-state index is 10.7. The molecule has 0 amide bonds. The molecule has 0 saturated carbocycles. The summed E-state index contributed by atoms with van der Waals surface area (Å²) in [6.07, 6.45) is 0.550. The molecule has 2 rings (SSSR count). The van der Waals surface area contributed by atoms with Crippen LogP contribution in [0.4, 0.5) is 0 Å². The van der Waals surface area contributed by atoms with E-state index >= 15 is 0 Å². The van der Waals surface area contributed by atoms with E-state index in [9.17, 15) is 4.79 Å². The van der Waals surface area contributed by atoms with Gasteiger partial charge in [0.15, 0.2) is 11.5 Å². The molecule has 0 unspecified atom stereocenters. The van der Waals surface area contributed by atoms with Crippen LogP contribution in [0, 0.1) is 13.8 Å². The minimum absolute atomic E-state index is 0.0903. The summed E-state index contributed by atoms with van der Waals surface area (Å²) in [5.41, 5.74) is 3.10. The van der Waals surface area contributed by atoms with Gasteiger partial charge in [-0.2, -0.15) is 0 Å². The Bertz CT molecular complexity index is 704. The standard InChI is InChI=1S/C20H24O5/c1-14-5-4-6-15(2)20(14)25-12-11-24-17-9-7-16(8-10-19(21)22)13-18(17)23-3/h4-7,9,13H,8,10-12H2,1-3H3,(H,21,22). The summed E-state index contributed by atoms with van der Waals surface area (Å²) in [6.45, 7) is 4.85. The highest BCUT2D eigenvalue weighted by atomic mass is 16.5. The van der Waals surface area contributed by atoms with Crippen molar-refractivity contribution >= 4 is 5.97 Å². The van der Waals surface area contributed by atoms with Gasteiger partial charge in [-0.25, -0.2) is 0 Å².